The molecule has 2 saturated carbocycles. The third-order valence-electron chi connectivity index (χ3n) is 5.43. The fraction of sp³-hybridized carbons (Fsp3) is 0.588. The molecule has 4 atom stereocenters. The molecule has 2 bridgehead atoms. The zero-order chi connectivity index (χ0) is 14.4. The van der Waals surface area contributed by atoms with Gasteiger partial charge in [-0.25, -0.2) is 0 Å². The molecule has 21 heavy (non-hydrogen) atoms. The first-order valence-electron chi connectivity index (χ1n) is 7.91. The van der Waals surface area contributed by atoms with E-state index in [1.807, 2.05) is 0 Å². The van der Waals surface area contributed by atoms with Crippen molar-refractivity contribution in [2.45, 2.75) is 38.6 Å². The summed E-state index contributed by atoms with van der Waals surface area (Å²) in [6.07, 6.45) is 5.39. The van der Waals surface area contributed by atoms with Gasteiger partial charge in [0.1, 0.15) is 0 Å². The SMILES string of the molecule is C[C@H](NC(=O)c1ccc2c(c1)OCO2)[C@@H]1C[C@H]2CC[C@H]1C2. The molecule has 0 radical (unpaired) electrons. The van der Waals surface area contributed by atoms with Crippen molar-refractivity contribution in [3.8, 4) is 11.5 Å². The lowest BCUT2D eigenvalue weighted by molar-refractivity contribution is 0.0915. The molecule has 1 aromatic carbocycles. The van der Waals surface area contributed by atoms with Crippen LogP contribution in [0.5, 0.6) is 11.5 Å². The van der Waals surface area contributed by atoms with E-state index in [0.717, 1.165) is 11.8 Å². The number of carbonyl (C=O) groups excluding carboxylic acids is 1. The van der Waals surface area contributed by atoms with Crippen LogP contribution in [0.3, 0.4) is 0 Å². The third-order valence-corrected chi connectivity index (χ3v) is 5.43. The van der Waals surface area contributed by atoms with Crippen molar-refractivity contribution in [2.24, 2.45) is 17.8 Å². The van der Waals surface area contributed by atoms with Gasteiger partial charge in [-0.15, -0.1) is 0 Å². The summed E-state index contributed by atoms with van der Waals surface area (Å²) in [5, 5.41) is 3.18. The van der Waals surface area contributed by atoms with Crippen molar-refractivity contribution in [2.75, 3.05) is 6.79 Å². The summed E-state index contributed by atoms with van der Waals surface area (Å²) in [6, 6.07) is 5.62. The lowest BCUT2D eigenvalue weighted by atomic mass is 9.84. The van der Waals surface area contributed by atoms with Gasteiger partial charge in [0.25, 0.3) is 5.91 Å². The van der Waals surface area contributed by atoms with Crippen molar-refractivity contribution in [1.82, 2.24) is 5.32 Å². The lowest BCUT2D eigenvalue weighted by Gasteiger charge is -2.28. The van der Waals surface area contributed by atoms with E-state index in [2.05, 4.69) is 12.2 Å². The topological polar surface area (TPSA) is 47.6 Å². The Morgan fingerprint density at radius 2 is 2.10 bits per heavy atom. The van der Waals surface area contributed by atoms with Crippen LogP contribution in [-0.2, 0) is 0 Å². The van der Waals surface area contributed by atoms with Gasteiger partial charge in [-0.1, -0.05) is 6.42 Å². The average molecular weight is 287 g/mol. The monoisotopic (exact) mass is 287 g/mol. The van der Waals surface area contributed by atoms with Gasteiger partial charge in [0.2, 0.25) is 6.79 Å². The fourth-order valence-electron chi connectivity index (χ4n) is 4.34. The van der Waals surface area contributed by atoms with Crippen LogP contribution in [0, 0.1) is 17.8 Å². The van der Waals surface area contributed by atoms with Crippen LogP contribution >= 0.6 is 0 Å². The number of benzene rings is 1. The predicted octanol–water partition coefficient (Wildman–Crippen LogP) is 2.97. The Kier molecular flexibility index (Phi) is 3.05. The van der Waals surface area contributed by atoms with Crippen molar-refractivity contribution in [1.29, 1.82) is 0 Å². The molecule has 2 aliphatic carbocycles. The van der Waals surface area contributed by atoms with Gasteiger partial charge in [0.15, 0.2) is 11.5 Å². The Balaban J connectivity index is 1.43. The molecular formula is C17H21NO3. The second-order valence-electron chi connectivity index (χ2n) is 6.67. The van der Waals surface area contributed by atoms with Crippen LogP contribution in [-0.4, -0.2) is 18.7 Å². The first-order valence-corrected chi connectivity index (χ1v) is 7.91. The summed E-state index contributed by atoms with van der Waals surface area (Å²) in [4.78, 5) is 12.4. The van der Waals surface area contributed by atoms with Crippen LogP contribution in [0.25, 0.3) is 0 Å². The first-order chi connectivity index (χ1) is 10.2. The van der Waals surface area contributed by atoms with Crippen molar-refractivity contribution >= 4 is 5.91 Å². The summed E-state index contributed by atoms with van der Waals surface area (Å²) < 4.78 is 10.6. The van der Waals surface area contributed by atoms with Crippen LogP contribution in [0.1, 0.15) is 43.0 Å². The number of amides is 1. The summed E-state index contributed by atoms with van der Waals surface area (Å²) in [6.45, 7) is 2.39. The molecule has 0 spiro atoms. The molecule has 1 N–H and O–H groups in total. The van der Waals surface area contributed by atoms with E-state index in [9.17, 15) is 4.79 Å². The van der Waals surface area contributed by atoms with Gasteiger partial charge in [-0.2, -0.15) is 0 Å². The highest BCUT2D eigenvalue weighted by atomic mass is 16.7. The largest absolute Gasteiger partial charge is 0.454 e. The number of nitrogens with one attached hydrogen (secondary N) is 1. The highest BCUT2D eigenvalue weighted by molar-refractivity contribution is 5.95. The van der Waals surface area contributed by atoms with Gasteiger partial charge >= 0.3 is 0 Å². The van der Waals surface area contributed by atoms with E-state index >= 15 is 0 Å². The number of fused-ring (bicyclic) bond motifs is 3. The molecule has 4 rings (SSSR count). The summed E-state index contributed by atoms with van der Waals surface area (Å²) in [7, 11) is 0. The Labute approximate surface area is 124 Å². The number of hydrogen-bond donors (Lipinski definition) is 1. The molecule has 1 aromatic rings. The maximum absolute atomic E-state index is 12.4. The highest BCUT2D eigenvalue weighted by Crippen LogP contribution is 2.49. The first kappa shape index (κ1) is 13.0. The minimum absolute atomic E-state index is 0.0106. The number of hydrogen-bond acceptors (Lipinski definition) is 3. The maximum Gasteiger partial charge on any atom is 0.251 e. The normalized spacial score (nSPS) is 30.4. The second kappa shape index (κ2) is 4.93. The Morgan fingerprint density at radius 1 is 1.24 bits per heavy atom. The minimum atomic E-state index is -0.0106. The summed E-state index contributed by atoms with van der Waals surface area (Å²) in [5.41, 5.74) is 0.647. The van der Waals surface area contributed by atoms with Crippen LogP contribution in [0.4, 0.5) is 0 Å². The lowest BCUT2D eigenvalue weighted by Crippen LogP contribution is -2.40. The molecular weight excluding hydrogens is 266 g/mol. The van der Waals surface area contributed by atoms with E-state index in [1.54, 1.807) is 18.2 Å². The van der Waals surface area contributed by atoms with Crippen molar-refractivity contribution in [3.63, 3.8) is 0 Å². The maximum atomic E-state index is 12.4. The van der Waals surface area contributed by atoms with Gasteiger partial charge in [-0.05, 0) is 62.1 Å². The molecule has 0 saturated heterocycles. The molecule has 1 aliphatic heterocycles. The van der Waals surface area contributed by atoms with Crippen LogP contribution < -0.4 is 14.8 Å². The van der Waals surface area contributed by atoms with Gasteiger partial charge in [0.05, 0.1) is 0 Å². The van der Waals surface area contributed by atoms with E-state index in [0.29, 0.717) is 23.0 Å². The Morgan fingerprint density at radius 3 is 2.86 bits per heavy atom. The van der Waals surface area contributed by atoms with E-state index < -0.39 is 0 Å². The van der Waals surface area contributed by atoms with Gasteiger partial charge in [-0.3, -0.25) is 4.79 Å². The number of carbonyl (C=O) groups is 1. The third kappa shape index (κ3) is 2.27. The molecule has 4 heteroatoms. The zero-order valence-electron chi connectivity index (χ0n) is 12.3. The van der Waals surface area contributed by atoms with Crippen LogP contribution in [0.15, 0.2) is 18.2 Å². The van der Waals surface area contributed by atoms with E-state index in [4.69, 9.17) is 9.47 Å². The average Bonchev–Trinajstić information content (AvgIpc) is 3.21. The van der Waals surface area contributed by atoms with Gasteiger partial charge in [0, 0.05) is 11.6 Å². The van der Waals surface area contributed by atoms with Crippen molar-refractivity contribution < 1.29 is 14.3 Å². The van der Waals surface area contributed by atoms with Crippen molar-refractivity contribution in [3.05, 3.63) is 23.8 Å². The second-order valence-corrected chi connectivity index (χ2v) is 6.67. The highest BCUT2D eigenvalue weighted by Gasteiger charge is 2.42. The number of rotatable bonds is 3. The molecule has 112 valence electrons. The molecule has 3 aliphatic rings. The van der Waals surface area contributed by atoms with E-state index in [-0.39, 0.29) is 18.7 Å². The molecule has 1 amide bonds. The summed E-state index contributed by atoms with van der Waals surface area (Å²) >= 11 is 0. The minimum Gasteiger partial charge on any atom is -0.454 e. The predicted molar refractivity (Wildman–Crippen MR) is 78.4 cm³/mol. The quantitative estimate of drug-likeness (QED) is 0.929. The molecule has 4 nitrogen and oxygen atoms in total. The molecule has 0 unspecified atom stereocenters. The summed E-state index contributed by atoms with van der Waals surface area (Å²) in [5.74, 6) is 3.75. The van der Waals surface area contributed by atoms with Crippen LogP contribution in [0.2, 0.25) is 0 Å². The number of ether oxygens (including phenoxy) is 2. The molecule has 0 aromatic heterocycles. The Bertz CT molecular complexity index is 571. The fourth-order valence-corrected chi connectivity index (χ4v) is 4.34. The zero-order valence-corrected chi connectivity index (χ0v) is 12.3. The smallest absolute Gasteiger partial charge is 0.251 e. The van der Waals surface area contributed by atoms with Gasteiger partial charge < -0.3 is 14.8 Å². The Hall–Kier alpha value is -1.71. The molecule has 1 heterocycles. The molecule has 2 fully saturated rings. The van der Waals surface area contributed by atoms with E-state index in [1.165, 1.54) is 25.7 Å². The standard InChI is InChI=1S/C17H21NO3/c1-10(14-7-11-2-3-12(14)6-11)18-17(19)13-4-5-15-16(8-13)21-9-20-15/h4-5,8,10-12,14H,2-3,6-7,9H2,1H3,(H,18,19)/t10-,11-,12-,14-/m0/s1.